The van der Waals surface area contributed by atoms with Crippen LogP contribution in [0.4, 0.5) is 0 Å². The number of rotatable bonds is 3. The zero-order chi connectivity index (χ0) is 14.1. The molecule has 0 saturated carbocycles. The minimum absolute atomic E-state index is 0.545. The normalized spacial score (nSPS) is 23.0. The number of nitrogens with zero attached hydrogens (tertiary/aromatic N) is 1. The van der Waals surface area contributed by atoms with Gasteiger partial charge < -0.3 is 10.1 Å². The van der Waals surface area contributed by atoms with Gasteiger partial charge >= 0.3 is 0 Å². The molecule has 2 aliphatic rings. The first-order chi connectivity index (χ1) is 9.63. The van der Waals surface area contributed by atoms with E-state index in [4.69, 9.17) is 9.73 Å². The molecule has 2 heterocycles. The van der Waals surface area contributed by atoms with Gasteiger partial charge in [-0.15, -0.1) is 0 Å². The monoisotopic (exact) mass is 354 g/mol. The molecule has 1 aromatic carbocycles. The molecular formula is C15H19BrN2OS. The van der Waals surface area contributed by atoms with Crippen LogP contribution in [-0.4, -0.2) is 23.6 Å². The fourth-order valence-electron chi connectivity index (χ4n) is 2.48. The molecule has 108 valence electrons. The number of nitrogens with one attached hydrogen (secondary N) is 1. The lowest BCUT2D eigenvalue weighted by molar-refractivity contribution is 0.353. The van der Waals surface area contributed by atoms with Gasteiger partial charge in [0.15, 0.2) is 5.17 Å². The Balaban J connectivity index is 1.73. The van der Waals surface area contributed by atoms with Crippen molar-refractivity contribution in [3.63, 3.8) is 0 Å². The van der Waals surface area contributed by atoms with Gasteiger partial charge in [0.2, 0.25) is 0 Å². The molecule has 0 amide bonds. The highest BCUT2D eigenvalue weighted by Gasteiger charge is 2.23. The van der Waals surface area contributed by atoms with Gasteiger partial charge in [0, 0.05) is 28.3 Å². The van der Waals surface area contributed by atoms with Gasteiger partial charge in [-0.05, 0) is 23.6 Å². The van der Waals surface area contributed by atoms with Gasteiger partial charge in [0.25, 0.3) is 0 Å². The summed E-state index contributed by atoms with van der Waals surface area (Å²) in [5, 5.41) is 4.57. The molecule has 0 spiro atoms. The third kappa shape index (κ3) is 2.98. The number of hydrogen-bond donors (Lipinski definition) is 1. The number of aliphatic imine (C=N–C) groups is 1. The maximum absolute atomic E-state index is 5.74. The van der Waals surface area contributed by atoms with Crippen LogP contribution in [0.1, 0.15) is 25.0 Å². The zero-order valence-corrected chi connectivity index (χ0v) is 14.2. The third-order valence-corrected chi connectivity index (χ3v) is 5.24. The molecule has 20 heavy (non-hydrogen) atoms. The minimum Gasteiger partial charge on any atom is -0.493 e. The van der Waals surface area contributed by atoms with Crippen molar-refractivity contribution in [3.8, 4) is 5.75 Å². The second-order valence-electron chi connectivity index (χ2n) is 5.58. The fourth-order valence-corrected chi connectivity index (χ4v) is 4.23. The molecule has 0 unspecified atom stereocenters. The molecule has 3 rings (SSSR count). The molecule has 1 saturated heterocycles. The lowest BCUT2D eigenvalue weighted by Crippen LogP contribution is -2.31. The van der Waals surface area contributed by atoms with E-state index in [-0.39, 0.29) is 0 Å². The fraction of sp³-hybridized carbons (Fsp3) is 0.533. The van der Waals surface area contributed by atoms with E-state index >= 15 is 0 Å². The SMILES string of the molecule is CC(C)[C@H]1CSC(=NCc2cc(Br)cc3c2OCC3)N1. The summed E-state index contributed by atoms with van der Waals surface area (Å²) in [6.07, 6.45) is 1.00. The number of fused-ring (bicyclic) bond motifs is 1. The first kappa shape index (κ1) is 14.3. The van der Waals surface area contributed by atoms with E-state index in [1.165, 1.54) is 11.1 Å². The summed E-state index contributed by atoms with van der Waals surface area (Å²) < 4.78 is 6.86. The van der Waals surface area contributed by atoms with E-state index in [1.807, 2.05) is 11.8 Å². The maximum Gasteiger partial charge on any atom is 0.157 e. The zero-order valence-electron chi connectivity index (χ0n) is 11.8. The number of hydrogen-bond acceptors (Lipinski definition) is 3. The van der Waals surface area contributed by atoms with Crippen molar-refractivity contribution in [2.24, 2.45) is 10.9 Å². The molecule has 0 aromatic heterocycles. The van der Waals surface area contributed by atoms with Crippen LogP contribution in [0.25, 0.3) is 0 Å². The number of ether oxygens (including phenoxy) is 1. The van der Waals surface area contributed by atoms with Crippen LogP contribution in [0.3, 0.4) is 0 Å². The van der Waals surface area contributed by atoms with Crippen molar-refractivity contribution < 1.29 is 4.74 Å². The Kier molecular flexibility index (Phi) is 4.26. The van der Waals surface area contributed by atoms with Crippen LogP contribution < -0.4 is 10.1 Å². The van der Waals surface area contributed by atoms with Crippen LogP contribution >= 0.6 is 27.7 Å². The predicted molar refractivity (Wildman–Crippen MR) is 88.7 cm³/mol. The molecule has 5 heteroatoms. The van der Waals surface area contributed by atoms with Gasteiger partial charge in [0.05, 0.1) is 13.2 Å². The van der Waals surface area contributed by atoms with Crippen LogP contribution in [0.15, 0.2) is 21.6 Å². The number of halogens is 1. The van der Waals surface area contributed by atoms with Crippen molar-refractivity contribution in [1.82, 2.24) is 5.32 Å². The number of thioether (sulfide) groups is 1. The Labute approximate surface area is 132 Å². The van der Waals surface area contributed by atoms with Crippen LogP contribution in [0, 0.1) is 5.92 Å². The summed E-state index contributed by atoms with van der Waals surface area (Å²) in [5.41, 5.74) is 2.47. The summed E-state index contributed by atoms with van der Waals surface area (Å²) in [7, 11) is 0. The highest BCUT2D eigenvalue weighted by molar-refractivity contribution is 9.10. The Morgan fingerprint density at radius 2 is 2.35 bits per heavy atom. The van der Waals surface area contributed by atoms with Gasteiger partial charge in [-0.25, -0.2) is 0 Å². The van der Waals surface area contributed by atoms with Crippen molar-refractivity contribution in [3.05, 3.63) is 27.7 Å². The summed E-state index contributed by atoms with van der Waals surface area (Å²) in [5.74, 6) is 2.80. The van der Waals surface area contributed by atoms with E-state index in [2.05, 4.69) is 47.2 Å². The van der Waals surface area contributed by atoms with E-state index < -0.39 is 0 Å². The molecule has 0 bridgehead atoms. The van der Waals surface area contributed by atoms with Gasteiger partial charge in [-0.1, -0.05) is 41.5 Å². The quantitative estimate of drug-likeness (QED) is 0.900. The molecular weight excluding hydrogens is 336 g/mol. The second-order valence-corrected chi connectivity index (χ2v) is 7.50. The molecule has 2 aliphatic heterocycles. The van der Waals surface area contributed by atoms with Crippen LogP contribution in [-0.2, 0) is 13.0 Å². The van der Waals surface area contributed by atoms with Gasteiger partial charge in [0.1, 0.15) is 5.75 Å². The topological polar surface area (TPSA) is 33.6 Å². The average molecular weight is 355 g/mol. The number of benzene rings is 1. The van der Waals surface area contributed by atoms with Crippen LogP contribution in [0.5, 0.6) is 5.75 Å². The molecule has 1 atom stereocenters. The van der Waals surface area contributed by atoms with E-state index in [9.17, 15) is 0 Å². The lowest BCUT2D eigenvalue weighted by Gasteiger charge is -2.13. The second kappa shape index (κ2) is 5.98. The van der Waals surface area contributed by atoms with E-state index in [1.54, 1.807) is 0 Å². The van der Waals surface area contributed by atoms with E-state index in [0.29, 0.717) is 18.5 Å². The Hall–Kier alpha value is -0.680. The summed E-state index contributed by atoms with van der Waals surface area (Å²) in [6, 6.07) is 4.81. The first-order valence-electron chi connectivity index (χ1n) is 7.01. The summed E-state index contributed by atoms with van der Waals surface area (Å²) in [4.78, 5) is 4.71. The van der Waals surface area contributed by atoms with Gasteiger partial charge in [-0.2, -0.15) is 0 Å². The molecule has 0 aliphatic carbocycles. The first-order valence-corrected chi connectivity index (χ1v) is 8.79. The smallest absolute Gasteiger partial charge is 0.157 e. The molecule has 1 N–H and O–H groups in total. The van der Waals surface area contributed by atoms with Crippen molar-refractivity contribution in [1.29, 1.82) is 0 Å². The maximum atomic E-state index is 5.74. The number of amidine groups is 1. The molecule has 1 aromatic rings. The standard InChI is InChI=1S/C15H19BrN2OS/c1-9(2)13-8-20-15(18-13)17-7-11-6-12(16)5-10-3-4-19-14(10)11/h5-6,9,13H,3-4,7-8H2,1-2H3,(H,17,18)/t13-/m1/s1. The van der Waals surface area contributed by atoms with Crippen molar-refractivity contribution >= 4 is 32.9 Å². The molecule has 1 fully saturated rings. The van der Waals surface area contributed by atoms with Crippen LogP contribution in [0.2, 0.25) is 0 Å². The summed E-state index contributed by atoms with van der Waals surface area (Å²) in [6.45, 7) is 5.96. The van der Waals surface area contributed by atoms with Gasteiger partial charge in [-0.3, -0.25) is 4.99 Å². The summed E-state index contributed by atoms with van der Waals surface area (Å²) >= 11 is 5.39. The van der Waals surface area contributed by atoms with Crippen molar-refractivity contribution in [2.45, 2.75) is 32.9 Å². The average Bonchev–Trinajstić information content (AvgIpc) is 3.04. The lowest BCUT2D eigenvalue weighted by atomic mass is 10.1. The predicted octanol–water partition coefficient (Wildman–Crippen LogP) is 3.60. The van der Waals surface area contributed by atoms with E-state index in [0.717, 1.165) is 34.2 Å². The largest absolute Gasteiger partial charge is 0.493 e. The minimum atomic E-state index is 0.545. The highest BCUT2D eigenvalue weighted by atomic mass is 79.9. The Morgan fingerprint density at radius 3 is 3.10 bits per heavy atom. The third-order valence-electron chi connectivity index (χ3n) is 3.73. The Bertz CT molecular complexity index is 545. The molecule has 3 nitrogen and oxygen atoms in total. The Morgan fingerprint density at radius 1 is 1.50 bits per heavy atom. The highest BCUT2D eigenvalue weighted by Crippen LogP contribution is 2.33. The van der Waals surface area contributed by atoms with Crippen molar-refractivity contribution in [2.75, 3.05) is 12.4 Å². The molecule has 0 radical (unpaired) electrons.